The molecule has 2 aromatic rings. The van der Waals surface area contributed by atoms with Gasteiger partial charge in [0.1, 0.15) is 0 Å². The maximum atomic E-state index is 5.96. The lowest BCUT2D eigenvalue weighted by molar-refractivity contribution is 0.375. The largest absolute Gasteiger partial charge is 0.354 e. The van der Waals surface area contributed by atoms with Gasteiger partial charge < -0.3 is 15.2 Å². The predicted molar refractivity (Wildman–Crippen MR) is 103 cm³/mol. The second kappa shape index (κ2) is 9.71. The molecule has 2 N–H and O–H groups in total. The molecule has 1 aromatic carbocycles. The van der Waals surface area contributed by atoms with Crippen molar-refractivity contribution in [3.05, 3.63) is 35.2 Å². The lowest BCUT2D eigenvalue weighted by Gasteiger charge is -2.15. The van der Waals surface area contributed by atoms with Gasteiger partial charge in [-0.25, -0.2) is 0 Å². The van der Waals surface area contributed by atoms with Gasteiger partial charge in [0.15, 0.2) is 5.96 Å². The Morgan fingerprint density at radius 2 is 2.22 bits per heavy atom. The Morgan fingerprint density at radius 1 is 1.43 bits per heavy atom. The topological polar surface area (TPSA) is 75.3 Å². The lowest BCUT2D eigenvalue weighted by Crippen LogP contribution is -2.41. The highest BCUT2D eigenvalue weighted by Crippen LogP contribution is 2.19. The molecule has 0 aliphatic heterocycles. The van der Waals surface area contributed by atoms with Gasteiger partial charge in [-0.1, -0.05) is 35.8 Å². The summed E-state index contributed by atoms with van der Waals surface area (Å²) in [7, 11) is 1.73. The molecule has 0 fully saturated rings. The highest BCUT2D eigenvalue weighted by Gasteiger charge is 2.10. The highest BCUT2D eigenvalue weighted by molar-refractivity contribution is 14.0. The number of rotatable bonds is 5. The van der Waals surface area contributed by atoms with Crippen LogP contribution in [0, 0.1) is 0 Å². The third-order valence-electron chi connectivity index (χ3n) is 3.18. The molecule has 2 rings (SSSR count). The molecule has 0 bridgehead atoms. The first kappa shape index (κ1) is 19.7. The van der Waals surface area contributed by atoms with E-state index in [4.69, 9.17) is 16.1 Å². The molecular weight excluding hydrogens is 429 g/mol. The minimum absolute atomic E-state index is 0. The Labute approximate surface area is 158 Å². The Balaban J connectivity index is 0.00000264. The summed E-state index contributed by atoms with van der Waals surface area (Å²) in [5.41, 5.74) is 0.824. The average Bonchev–Trinajstić information content (AvgIpc) is 3.00. The molecule has 1 unspecified atom stereocenters. The molecule has 0 amide bonds. The van der Waals surface area contributed by atoms with Crippen molar-refractivity contribution in [2.45, 2.75) is 32.9 Å². The minimum atomic E-state index is 0. The summed E-state index contributed by atoms with van der Waals surface area (Å²) in [6, 6.07) is 7.68. The van der Waals surface area contributed by atoms with E-state index in [0.717, 1.165) is 12.0 Å². The van der Waals surface area contributed by atoms with Crippen molar-refractivity contribution < 1.29 is 4.52 Å². The normalized spacial score (nSPS) is 12.4. The van der Waals surface area contributed by atoms with Crippen LogP contribution in [-0.2, 0) is 6.54 Å². The Bertz CT molecular complexity index is 646. The summed E-state index contributed by atoms with van der Waals surface area (Å²) in [4.78, 5) is 8.50. The van der Waals surface area contributed by atoms with Crippen LogP contribution in [0.15, 0.2) is 33.8 Å². The van der Waals surface area contributed by atoms with Crippen LogP contribution >= 0.6 is 35.6 Å². The molecule has 0 saturated carbocycles. The van der Waals surface area contributed by atoms with E-state index in [9.17, 15) is 0 Å². The molecule has 0 aliphatic rings. The van der Waals surface area contributed by atoms with Gasteiger partial charge in [-0.2, -0.15) is 4.98 Å². The standard InChI is InChI=1S/C15H20ClN5O.HI/c1-4-10(2)19-15(17-3)18-9-13-20-14(21-22-13)11-6-5-7-12(16)8-11;/h5-8,10H,4,9H2,1-3H3,(H2,17,18,19);1H. The van der Waals surface area contributed by atoms with Crippen molar-refractivity contribution in [3.8, 4) is 11.4 Å². The van der Waals surface area contributed by atoms with E-state index >= 15 is 0 Å². The zero-order valence-electron chi connectivity index (χ0n) is 13.3. The number of halogens is 2. The number of hydrogen-bond acceptors (Lipinski definition) is 4. The molecule has 126 valence electrons. The molecule has 1 atom stereocenters. The van der Waals surface area contributed by atoms with Gasteiger partial charge in [0.05, 0.1) is 6.54 Å². The molecule has 1 heterocycles. The number of benzene rings is 1. The van der Waals surface area contributed by atoms with Crippen LogP contribution in [-0.4, -0.2) is 29.2 Å². The van der Waals surface area contributed by atoms with Gasteiger partial charge in [0.25, 0.3) is 0 Å². The molecule has 0 aliphatic carbocycles. The molecule has 23 heavy (non-hydrogen) atoms. The maximum absolute atomic E-state index is 5.96. The molecule has 0 spiro atoms. The molecule has 0 radical (unpaired) electrons. The molecule has 6 nitrogen and oxygen atoms in total. The van der Waals surface area contributed by atoms with Crippen LogP contribution in [0.25, 0.3) is 11.4 Å². The van der Waals surface area contributed by atoms with Crippen molar-refractivity contribution >= 4 is 41.5 Å². The number of aliphatic imine (C=N–C) groups is 1. The van der Waals surface area contributed by atoms with E-state index in [2.05, 4.69) is 39.6 Å². The van der Waals surface area contributed by atoms with E-state index in [1.165, 1.54) is 0 Å². The monoisotopic (exact) mass is 449 g/mol. The van der Waals surface area contributed by atoms with Crippen LogP contribution in [0.1, 0.15) is 26.2 Å². The first-order chi connectivity index (χ1) is 10.6. The SMILES string of the molecule is CCC(C)NC(=NC)NCc1nc(-c2cccc(Cl)c2)no1.I. The molecule has 8 heteroatoms. The Morgan fingerprint density at radius 3 is 2.87 bits per heavy atom. The maximum Gasteiger partial charge on any atom is 0.246 e. The summed E-state index contributed by atoms with van der Waals surface area (Å²) in [5.74, 6) is 1.71. The van der Waals surface area contributed by atoms with Crippen molar-refractivity contribution in [1.82, 2.24) is 20.8 Å². The lowest BCUT2D eigenvalue weighted by atomic mass is 10.2. The third kappa shape index (κ3) is 5.98. The van der Waals surface area contributed by atoms with Gasteiger partial charge in [0, 0.05) is 23.7 Å². The van der Waals surface area contributed by atoms with Gasteiger partial charge in [0.2, 0.25) is 11.7 Å². The van der Waals surface area contributed by atoms with Gasteiger partial charge in [-0.15, -0.1) is 24.0 Å². The van der Waals surface area contributed by atoms with Crippen LogP contribution < -0.4 is 10.6 Å². The number of aromatic nitrogens is 2. The molecule has 0 saturated heterocycles. The number of nitrogens with zero attached hydrogens (tertiary/aromatic N) is 3. The second-order valence-electron chi connectivity index (χ2n) is 4.90. The first-order valence-electron chi connectivity index (χ1n) is 7.18. The van der Waals surface area contributed by atoms with Gasteiger partial charge in [-0.3, -0.25) is 4.99 Å². The fourth-order valence-corrected chi connectivity index (χ4v) is 1.95. The summed E-state index contributed by atoms with van der Waals surface area (Å²) in [5, 5.41) is 11.0. The average molecular weight is 450 g/mol. The zero-order chi connectivity index (χ0) is 15.9. The van der Waals surface area contributed by atoms with E-state index in [-0.39, 0.29) is 24.0 Å². The quantitative estimate of drug-likeness (QED) is 0.415. The summed E-state index contributed by atoms with van der Waals surface area (Å²) >= 11 is 5.96. The summed E-state index contributed by atoms with van der Waals surface area (Å²) < 4.78 is 5.24. The smallest absolute Gasteiger partial charge is 0.246 e. The van der Waals surface area contributed by atoms with Crippen LogP contribution in [0.4, 0.5) is 0 Å². The predicted octanol–water partition coefficient (Wildman–Crippen LogP) is 3.47. The number of nitrogens with one attached hydrogen (secondary N) is 2. The van der Waals surface area contributed by atoms with E-state index in [0.29, 0.717) is 35.3 Å². The summed E-state index contributed by atoms with van der Waals surface area (Å²) in [6.45, 7) is 4.61. The molecule has 1 aromatic heterocycles. The van der Waals surface area contributed by atoms with Crippen molar-refractivity contribution in [2.24, 2.45) is 4.99 Å². The Kier molecular flexibility index (Phi) is 8.32. The van der Waals surface area contributed by atoms with Crippen LogP contribution in [0.2, 0.25) is 5.02 Å². The molecular formula is C15H21ClIN5O. The fourth-order valence-electron chi connectivity index (χ4n) is 1.76. The van der Waals surface area contributed by atoms with Crippen molar-refractivity contribution in [2.75, 3.05) is 7.05 Å². The fraction of sp³-hybridized carbons (Fsp3) is 0.400. The van der Waals surface area contributed by atoms with Gasteiger partial charge in [-0.05, 0) is 25.5 Å². The van der Waals surface area contributed by atoms with Gasteiger partial charge >= 0.3 is 0 Å². The summed E-state index contributed by atoms with van der Waals surface area (Å²) in [6.07, 6.45) is 1.01. The highest BCUT2D eigenvalue weighted by atomic mass is 127. The first-order valence-corrected chi connectivity index (χ1v) is 7.56. The number of hydrogen-bond donors (Lipinski definition) is 2. The zero-order valence-corrected chi connectivity index (χ0v) is 16.4. The Hall–Kier alpha value is -1.35. The number of guanidine groups is 1. The van der Waals surface area contributed by atoms with Crippen LogP contribution in [0.5, 0.6) is 0 Å². The minimum Gasteiger partial charge on any atom is -0.354 e. The van der Waals surface area contributed by atoms with E-state index < -0.39 is 0 Å². The van der Waals surface area contributed by atoms with Crippen LogP contribution in [0.3, 0.4) is 0 Å². The second-order valence-corrected chi connectivity index (χ2v) is 5.34. The van der Waals surface area contributed by atoms with E-state index in [1.807, 2.05) is 12.1 Å². The van der Waals surface area contributed by atoms with Crippen molar-refractivity contribution in [1.29, 1.82) is 0 Å². The van der Waals surface area contributed by atoms with E-state index in [1.54, 1.807) is 19.2 Å². The van der Waals surface area contributed by atoms with Crippen molar-refractivity contribution in [3.63, 3.8) is 0 Å². The third-order valence-corrected chi connectivity index (χ3v) is 3.41.